The summed E-state index contributed by atoms with van der Waals surface area (Å²) >= 11 is 0. The highest BCUT2D eigenvalue weighted by Gasteiger charge is 2.21. The van der Waals surface area contributed by atoms with Crippen molar-refractivity contribution in [1.29, 1.82) is 0 Å². The van der Waals surface area contributed by atoms with E-state index in [9.17, 15) is 4.79 Å². The number of urea groups is 1. The molecule has 0 saturated heterocycles. The van der Waals surface area contributed by atoms with Crippen LogP contribution in [0.2, 0.25) is 0 Å². The third-order valence-corrected chi connectivity index (χ3v) is 4.86. The Morgan fingerprint density at radius 1 is 0.931 bits per heavy atom. The molecule has 1 aromatic heterocycles. The van der Waals surface area contributed by atoms with Crippen molar-refractivity contribution in [2.45, 2.75) is 52.9 Å². The van der Waals surface area contributed by atoms with Crippen molar-refractivity contribution < 1.29 is 4.79 Å². The Hall–Kier alpha value is -3.01. The summed E-state index contributed by atoms with van der Waals surface area (Å²) in [6, 6.07) is 22.7. The molecule has 0 radical (unpaired) electrons. The minimum Gasteiger partial charge on any atom is -0.345 e. The molecular weight excluding hydrogens is 358 g/mol. The van der Waals surface area contributed by atoms with Gasteiger partial charge in [0.05, 0.1) is 6.54 Å². The van der Waals surface area contributed by atoms with E-state index in [1.165, 1.54) is 11.1 Å². The zero-order chi connectivity index (χ0) is 20.9. The van der Waals surface area contributed by atoms with E-state index in [1.54, 1.807) is 0 Å². The molecule has 29 heavy (non-hydrogen) atoms. The molecule has 0 aliphatic heterocycles. The highest BCUT2D eigenvalue weighted by molar-refractivity contribution is 5.75. The number of hydrogen-bond acceptors (Lipinski definition) is 1. The predicted molar refractivity (Wildman–Crippen MR) is 119 cm³/mol. The Balaban J connectivity index is 1.81. The molecule has 1 heterocycles. The average Bonchev–Trinajstić information content (AvgIpc) is 3.09. The monoisotopic (exact) mass is 389 g/mol. The molecule has 0 saturated carbocycles. The van der Waals surface area contributed by atoms with Gasteiger partial charge in [-0.15, -0.1) is 0 Å². The van der Waals surface area contributed by atoms with Crippen molar-refractivity contribution in [2.75, 3.05) is 0 Å². The first-order chi connectivity index (χ1) is 13.8. The molecule has 4 nitrogen and oxygen atoms in total. The van der Waals surface area contributed by atoms with E-state index in [0.29, 0.717) is 13.1 Å². The number of hydrogen-bond donors (Lipinski definition) is 1. The number of nitrogens with zero attached hydrogens (tertiary/aromatic N) is 2. The van der Waals surface area contributed by atoms with Crippen LogP contribution in [0.15, 0.2) is 72.9 Å². The van der Waals surface area contributed by atoms with E-state index < -0.39 is 0 Å². The normalized spacial score (nSPS) is 11.3. The predicted octanol–water partition coefficient (Wildman–Crippen LogP) is 5.36. The molecule has 0 spiro atoms. The van der Waals surface area contributed by atoms with Gasteiger partial charge in [0.2, 0.25) is 0 Å². The summed E-state index contributed by atoms with van der Waals surface area (Å²) in [5, 5.41) is 3.11. The highest BCUT2D eigenvalue weighted by atomic mass is 16.2. The number of aryl methyl sites for hydroxylation is 1. The van der Waals surface area contributed by atoms with Crippen molar-refractivity contribution in [1.82, 2.24) is 14.8 Å². The van der Waals surface area contributed by atoms with Gasteiger partial charge in [-0.1, -0.05) is 54.6 Å². The zero-order valence-electron chi connectivity index (χ0n) is 17.9. The summed E-state index contributed by atoms with van der Waals surface area (Å²) in [5.74, 6) is 0. The van der Waals surface area contributed by atoms with Crippen LogP contribution < -0.4 is 5.32 Å². The van der Waals surface area contributed by atoms with Gasteiger partial charge in [0.1, 0.15) is 0 Å². The second-order valence-electron chi connectivity index (χ2n) is 8.58. The standard InChI is InChI=1S/C25H31N3O/c1-20-11-8-9-14-22(20)18-27-16-10-15-23(27)19-28(24(29)26-25(2,3)4)17-21-12-6-5-7-13-21/h5-16H,17-19H2,1-4H3,(H,26,29). The molecular formula is C25H31N3O. The van der Waals surface area contributed by atoms with Crippen LogP contribution in [0.25, 0.3) is 0 Å². The minimum absolute atomic E-state index is 0.0509. The molecule has 2 aromatic carbocycles. The number of carbonyl (C=O) groups excluding carboxylic acids is 1. The lowest BCUT2D eigenvalue weighted by Gasteiger charge is -2.29. The van der Waals surface area contributed by atoms with Gasteiger partial charge in [-0.25, -0.2) is 4.79 Å². The number of aromatic nitrogens is 1. The highest BCUT2D eigenvalue weighted by Crippen LogP contribution is 2.16. The molecule has 1 N–H and O–H groups in total. The molecule has 0 fully saturated rings. The van der Waals surface area contributed by atoms with Crippen LogP contribution in [0.3, 0.4) is 0 Å². The van der Waals surface area contributed by atoms with Gasteiger partial charge in [-0.05, 0) is 56.5 Å². The van der Waals surface area contributed by atoms with Crippen molar-refractivity contribution in [2.24, 2.45) is 0 Å². The third-order valence-electron chi connectivity index (χ3n) is 4.86. The topological polar surface area (TPSA) is 37.3 Å². The van der Waals surface area contributed by atoms with Gasteiger partial charge in [0.25, 0.3) is 0 Å². The number of amides is 2. The van der Waals surface area contributed by atoms with E-state index in [1.807, 2.05) is 43.9 Å². The summed E-state index contributed by atoms with van der Waals surface area (Å²) < 4.78 is 2.23. The summed E-state index contributed by atoms with van der Waals surface area (Å²) in [6.07, 6.45) is 2.09. The van der Waals surface area contributed by atoms with Gasteiger partial charge < -0.3 is 14.8 Å². The maximum Gasteiger partial charge on any atom is 0.318 e. The van der Waals surface area contributed by atoms with E-state index >= 15 is 0 Å². The van der Waals surface area contributed by atoms with Crippen LogP contribution in [0, 0.1) is 6.92 Å². The Kier molecular flexibility index (Phi) is 6.42. The zero-order valence-corrected chi connectivity index (χ0v) is 17.9. The van der Waals surface area contributed by atoms with Crippen molar-refractivity contribution in [3.05, 3.63) is 95.3 Å². The molecule has 3 rings (SSSR count). The molecule has 3 aromatic rings. The summed E-state index contributed by atoms with van der Waals surface area (Å²) in [7, 11) is 0. The van der Waals surface area contributed by atoms with Crippen LogP contribution in [0.1, 0.15) is 43.2 Å². The maximum atomic E-state index is 13.0. The van der Waals surface area contributed by atoms with Gasteiger partial charge in [0, 0.05) is 30.5 Å². The largest absolute Gasteiger partial charge is 0.345 e. The van der Waals surface area contributed by atoms with Crippen molar-refractivity contribution in [3.8, 4) is 0 Å². The van der Waals surface area contributed by atoms with Crippen LogP contribution in [0.5, 0.6) is 0 Å². The molecule has 0 atom stereocenters. The Morgan fingerprint density at radius 2 is 1.62 bits per heavy atom. The van der Waals surface area contributed by atoms with E-state index in [-0.39, 0.29) is 11.6 Å². The molecule has 4 heteroatoms. The van der Waals surface area contributed by atoms with Crippen molar-refractivity contribution >= 4 is 6.03 Å². The molecule has 0 aliphatic rings. The average molecular weight is 390 g/mol. The quantitative estimate of drug-likeness (QED) is 0.606. The molecule has 2 amide bonds. The fraction of sp³-hybridized carbons (Fsp3) is 0.320. The lowest BCUT2D eigenvalue weighted by atomic mass is 10.1. The molecule has 0 aliphatic carbocycles. The molecule has 0 unspecified atom stereocenters. The number of rotatable bonds is 6. The first-order valence-electron chi connectivity index (χ1n) is 10.1. The van der Waals surface area contributed by atoms with Gasteiger partial charge >= 0.3 is 6.03 Å². The Morgan fingerprint density at radius 3 is 2.31 bits per heavy atom. The van der Waals surface area contributed by atoms with Crippen LogP contribution in [-0.2, 0) is 19.6 Å². The van der Waals surface area contributed by atoms with E-state index in [4.69, 9.17) is 0 Å². The minimum atomic E-state index is -0.283. The Bertz CT molecular complexity index is 938. The van der Waals surface area contributed by atoms with Crippen LogP contribution in [-0.4, -0.2) is 21.0 Å². The summed E-state index contributed by atoms with van der Waals surface area (Å²) in [4.78, 5) is 14.9. The maximum absolute atomic E-state index is 13.0. The van der Waals surface area contributed by atoms with Crippen LogP contribution in [0.4, 0.5) is 4.79 Å². The van der Waals surface area contributed by atoms with Crippen molar-refractivity contribution in [3.63, 3.8) is 0 Å². The SMILES string of the molecule is Cc1ccccc1Cn1cccc1CN(Cc1ccccc1)C(=O)NC(C)(C)C. The lowest BCUT2D eigenvalue weighted by Crippen LogP contribution is -2.48. The van der Waals surface area contributed by atoms with Gasteiger partial charge in [-0.3, -0.25) is 0 Å². The summed E-state index contributed by atoms with van der Waals surface area (Å²) in [6.45, 7) is 10.1. The smallest absolute Gasteiger partial charge is 0.318 e. The lowest BCUT2D eigenvalue weighted by molar-refractivity contribution is 0.181. The van der Waals surface area contributed by atoms with E-state index in [0.717, 1.165) is 17.8 Å². The first-order valence-corrected chi connectivity index (χ1v) is 10.1. The summed E-state index contributed by atoms with van der Waals surface area (Å²) in [5.41, 5.74) is 4.52. The van der Waals surface area contributed by atoms with Crippen LogP contribution >= 0.6 is 0 Å². The van der Waals surface area contributed by atoms with Gasteiger partial charge in [-0.2, -0.15) is 0 Å². The second-order valence-corrected chi connectivity index (χ2v) is 8.58. The molecule has 152 valence electrons. The third kappa shape index (κ3) is 5.98. The number of carbonyl (C=O) groups is 1. The number of nitrogens with one attached hydrogen (secondary N) is 1. The fourth-order valence-electron chi connectivity index (χ4n) is 3.32. The Labute approximate surface area is 174 Å². The molecule has 0 bridgehead atoms. The second kappa shape index (κ2) is 8.99. The van der Waals surface area contributed by atoms with E-state index in [2.05, 4.69) is 71.5 Å². The first kappa shape index (κ1) is 20.7. The van der Waals surface area contributed by atoms with Gasteiger partial charge in [0.15, 0.2) is 0 Å². The fourth-order valence-corrected chi connectivity index (χ4v) is 3.32. The number of benzene rings is 2.